The van der Waals surface area contributed by atoms with Gasteiger partial charge in [0.1, 0.15) is 0 Å². The van der Waals surface area contributed by atoms with Crippen molar-refractivity contribution in [2.24, 2.45) is 0 Å². The van der Waals surface area contributed by atoms with Crippen LogP contribution < -0.4 is 0 Å². The number of hydrogen-bond acceptors (Lipinski definition) is 1. The van der Waals surface area contributed by atoms with Gasteiger partial charge in [-0.3, -0.25) is 4.98 Å². The van der Waals surface area contributed by atoms with Crippen molar-refractivity contribution in [2.45, 2.75) is 6.92 Å². The number of aryl methyl sites for hydroxylation is 1. The minimum atomic E-state index is 0.463. The molecule has 2 heteroatoms. The van der Waals surface area contributed by atoms with E-state index in [1.165, 1.54) is 0 Å². The average molecular weight is 168 g/mol. The van der Waals surface area contributed by atoms with E-state index in [-0.39, 0.29) is 0 Å². The molecule has 0 radical (unpaired) electrons. The number of rotatable bonds is 2. The Balaban J connectivity index is 2.90. The molecule has 0 unspecified atom stereocenters. The minimum Gasteiger partial charge on any atom is -0.261 e. The van der Waals surface area contributed by atoms with E-state index >= 15 is 0 Å². The number of aromatic nitrogens is 1. The Morgan fingerprint density at radius 1 is 1.64 bits per heavy atom. The summed E-state index contributed by atoms with van der Waals surface area (Å²) in [4.78, 5) is 4.13. The molecule has 1 heterocycles. The molecule has 0 N–H and O–H groups in total. The maximum absolute atomic E-state index is 5.60. The van der Waals surface area contributed by atoms with Crippen LogP contribution in [0.15, 0.2) is 24.9 Å². The quantitative estimate of drug-likeness (QED) is 0.618. The van der Waals surface area contributed by atoms with Crippen LogP contribution in [0.25, 0.3) is 5.57 Å². The highest BCUT2D eigenvalue weighted by molar-refractivity contribution is 6.23. The Labute approximate surface area is 71.7 Å². The van der Waals surface area contributed by atoms with Crippen molar-refractivity contribution in [3.8, 4) is 0 Å². The van der Waals surface area contributed by atoms with E-state index in [4.69, 9.17) is 11.6 Å². The van der Waals surface area contributed by atoms with Crippen molar-refractivity contribution in [1.82, 2.24) is 4.98 Å². The molecule has 0 fully saturated rings. The largest absolute Gasteiger partial charge is 0.261 e. The third-order valence-corrected chi connectivity index (χ3v) is 1.80. The lowest BCUT2D eigenvalue weighted by Gasteiger charge is -1.99. The standard InChI is InChI=1S/C9H10ClN/c1-7(5-10)9-4-3-8(2)11-6-9/h3-4,6H,1,5H2,2H3. The molecule has 0 aromatic carbocycles. The summed E-state index contributed by atoms with van der Waals surface area (Å²) < 4.78 is 0. The van der Waals surface area contributed by atoms with Gasteiger partial charge in [-0.05, 0) is 24.1 Å². The molecule has 58 valence electrons. The van der Waals surface area contributed by atoms with E-state index in [0.717, 1.165) is 16.8 Å². The Morgan fingerprint density at radius 3 is 2.82 bits per heavy atom. The van der Waals surface area contributed by atoms with Gasteiger partial charge >= 0.3 is 0 Å². The van der Waals surface area contributed by atoms with Gasteiger partial charge in [-0.1, -0.05) is 12.6 Å². The second-order valence-corrected chi connectivity index (χ2v) is 2.69. The summed E-state index contributed by atoms with van der Waals surface area (Å²) in [6, 6.07) is 3.93. The predicted octanol–water partition coefficient (Wildman–Crippen LogP) is 2.64. The lowest BCUT2D eigenvalue weighted by Crippen LogP contribution is -1.86. The van der Waals surface area contributed by atoms with Crippen LogP contribution in [-0.4, -0.2) is 10.9 Å². The first-order valence-electron chi connectivity index (χ1n) is 3.41. The molecule has 0 aliphatic rings. The number of halogens is 1. The van der Waals surface area contributed by atoms with Gasteiger partial charge in [0, 0.05) is 17.8 Å². The fourth-order valence-electron chi connectivity index (χ4n) is 0.754. The molecule has 1 aromatic rings. The topological polar surface area (TPSA) is 12.9 Å². The van der Waals surface area contributed by atoms with Gasteiger partial charge in [0.05, 0.1) is 0 Å². The van der Waals surface area contributed by atoms with Crippen molar-refractivity contribution in [3.63, 3.8) is 0 Å². The van der Waals surface area contributed by atoms with Crippen molar-refractivity contribution in [3.05, 3.63) is 36.2 Å². The Morgan fingerprint density at radius 2 is 2.36 bits per heavy atom. The van der Waals surface area contributed by atoms with Crippen LogP contribution in [0.4, 0.5) is 0 Å². The zero-order valence-corrected chi connectivity index (χ0v) is 7.23. The Bertz CT molecular complexity index is 251. The first-order valence-corrected chi connectivity index (χ1v) is 3.94. The highest BCUT2D eigenvalue weighted by atomic mass is 35.5. The van der Waals surface area contributed by atoms with Gasteiger partial charge in [-0.2, -0.15) is 0 Å². The molecule has 0 saturated heterocycles. The molecular weight excluding hydrogens is 158 g/mol. The lowest BCUT2D eigenvalue weighted by atomic mass is 10.1. The van der Waals surface area contributed by atoms with E-state index in [2.05, 4.69) is 11.6 Å². The molecule has 0 bridgehead atoms. The number of allylic oxidation sites excluding steroid dienone is 1. The molecule has 0 atom stereocenters. The van der Waals surface area contributed by atoms with Gasteiger partial charge in [-0.25, -0.2) is 0 Å². The SMILES string of the molecule is C=C(CCl)c1ccc(C)nc1. The molecule has 0 spiro atoms. The monoisotopic (exact) mass is 167 g/mol. The molecule has 0 aliphatic carbocycles. The minimum absolute atomic E-state index is 0.463. The highest BCUT2D eigenvalue weighted by Gasteiger charge is 1.95. The Hall–Kier alpha value is -0.820. The van der Waals surface area contributed by atoms with Crippen LogP contribution in [0.1, 0.15) is 11.3 Å². The average Bonchev–Trinajstić information content (AvgIpc) is 2.05. The summed E-state index contributed by atoms with van der Waals surface area (Å²) in [5, 5.41) is 0. The summed E-state index contributed by atoms with van der Waals surface area (Å²) in [6.45, 7) is 5.75. The summed E-state index contributed by atoms with van der Waals surface area (Å²) in [5.41, 5.74) is 2.95. The summed E-state index contributed by atoms with van der Waals surface area (Å²) in [7, 11) is 0. The van der Waals surface area contributed by atoms with E-state index in [9.17, 15) is 0 Å². The molecule has 0 amide bonds. The first-order chi connectivity index (χ1) is 5.24. The van der Waals surface area contributed by atoms with Crippen LogP contribution in [0.2, 0.25) is 0 Å². The third kappa shape index (κ3) is 2.05. The van der Waals surface area contributed by atoms with Crippen molar-refractivity contribution in [1.29, 1.82) is 0 Å². The second-order valence-electron chi connectivity index (χ2n) is 2.43. The zero-order chi connectivity index (χ0) is 8.27. The lowest BCUT2D eigenvalue weighted by molar-refractivity contribution is 1.19. The van der Waals surface area contributed by atoms with Gasteiger partial charge in [0.15, 0.2) is 0 Å². The van der Waals surface area contributed by atoms with Gasteiger partial charge in [0.25, 0.3) is 0 Å². The normalized spacial score (nSPS) is 9.64. The molecule has 0 saturated carbocycles. The summed E-state index contributed by atoms with van der Waals surface area (Å²) in [6.07, 6.45) is 1.79. The fraction of sp³-hybridized carbons (Fsp3) is 0.222. The van der Waals surface area contributed by atoms with E-state index in [0.29, 0.717) is 5.88 Å². The summed E-state index contributed by atoms with van der Waals surface area (Å²) in [5.74, 6) is 0.463. The molecule has 11 heavy (non-hydrogen) atoms. The summed E-state index contributed by atoms with van der Waals surface area (Å²) >= 11 is 5.60. The number of pyridine rings is 1. The fourth-order valence-corrected chi connectivity index (χ4v) is 0.908. The van der Waals surface area contributed by atoms with Crippen molar-refractivity contribution >= 4 is 17.2 Å². The predicted molar refractivity (Wildman–Crippen MR) is 48.7 cm³/mol. The van der Waals surface area contributed by atoms with E-state index < -0.39 is 0 Å². The van der Waals surface area contributed by atoms with Crippen LogP contribution in [0.5, 0.6) is 0 Å². The van der Waals surface area contributed by atoms with Crippen LogP contribution in [0.3, 0.4) is 0 Å². The molecule has 1 nitrogen and oxygen atoms in total. The van der Waals surface area contributed by atoms with E-state index in [1.54, 1.807) is 6.20 Å². The van der Waals surface area contributed by atoms with Gasteiger partial charge in [0.2, 0.25) is 0 Å². The molecule has 1 aromatic heterocycles. The maximum atomic E-state index is 5.60. The number of hydrogen-bond donors (Lipinski definition) is 0. The molecule has 0 aliphatic heterocycles. The van der Waals surface area contributed by atoms with E-state index in [1.807, 2.05) is 19.1 Å². The second kappa shape index (κ2) is 3.54. The maximum Gasteiger partial charge on any atom is 0.0474 e. The molecular formula is C9H10ClN. The van der Waals surface area contributed by atoms with Crippen LogP contribution in [0, 0.1) is 6.92 Å². The first kappa shape index (κ1) is 8.28. The molecule has 1 rings (SSSR count). The van der Waals surface area contributed by atoms with Crippen LogP contribution >= 0.6 is 11.6 Å². The van der Waals surface area contributed by atoms with Gasteiger partial charge in [-0.15, -0.1) is 11.6 Å². The smallest absolute Gasteiger partial charge is 0.0474 e. The zero-order valence-electron chi connectivity index (χ0n) is 6.47. The van der Waals surface area contributed by atoms with Crippen molar-refractivity contribution in [2.75, 3.05) is 5.88 Å². The van der Waals surface area contributed by atoms with Gasteiger partial charge < -0.3 is 0 Å². The number of alkyl halides is 1. The highest BCUT2D eigenvalue weighted by Crippen LogP contribution is 2.11. The Kier molecular flexibility index (Phi) is 2.66. The van der Waals surface area contributed by atoms with Crippen LogP contribution in [-0.2, 0) is 0 Å². The number of nitrogens with zero attached hydrogens (tertiary/aromatic N) is 1. The van der Waals surface area contributed by atoms with Crippen molar-refractivity contribution < 1.29 is 0 Å². The third-order valence-electron chi connectivity index (χ3n) is 1.48.